The Balaban J connectivity index is 4.48. The van der Waals surface area contributed by atoms with Gasteiger partial charge in [-0.15, -0.1) is 0 Å². The van der Waals surface area contributed by atoms with Gasteiger partial charge in [0.15, 0.2) is 0 Å². The largest absolute Gasteiger partial charge is 0.481 e. The van der Waals surface area contributed by atoms with Crippen molar-refractivity contribution in [3.05, 3.63) is 0 Å². The normalized spacial score (nSPS) is 13.6. The van der Waals surface area contributed by atoms with Crippen molar-refractivity contribution >= 4 is 5.97 Å². The van der Waals surface area contributed by atoms with Crippen LogP contribution in [0.25, 0.3) is 0 Å². The fourth-order valence-electron chi connectivity index (χ4n) is 1.32. The summed E-state index contributed by atoms with van der Waals surface area (Å²) in [5.41, 5.74) is 0. The molecule has 17 heavy (non-hydrogen) atoms. The van der Waals surface area contributed by atoms with Crippen LogP contribution in [0.15, 0.2) is 0 Å². The first-order chi connectivity index (χ1) is 7.97. The van der Waals surface area contributed by atoms with Gasteiger partial charge in [0.05, 0.1) is 27.8 Å². The van der Waals surface area contributed by atoms with Gasteiger partial charge in [-0.25, -0.2) is 19.6 Å². The second-order valence-corrected chi connectivity index (χ2v) is 3.32. The van der Waals surface area contributed by atoms with Gasteiger partial charge in [0.25, 0.3) is 0 Å². The Morgan fingerprint density at radius 2 is 1.71 bits per heavy atom. The molecule has 0 radical (unpaired) electrons. The van der Waals surface area contributed by atoms with Crippen LogP contribution in [0.5, 0.6) is 0 Å². The number of carbonyl (C=O) groups is 1. The lowest BCUT2D eigenvalue weighted by Gasteiger charge is -2.28. The van der Waals surface area contributed by atoms with Gasteiger partial charge in [-0.2, -0.15) is 9.78 Å². The van der Waals surface area contributed by atoms with E-state index in [0.717, 1.165) is 0 Å². The summed E-state index contributed by atoms with van der Waals surface area (Å²) in [6.07, 6.45) is -1.01. The summed E-state index contributed by atoms with van der Waals surface area (Å²) < 4.78 is 0. The fraction of sp³-hybridized carbons (Fsp3) is 0.889. The number of carboxylic acids is 1. The van der Waals surface area contributed by atoms with E-state index in [4.69, 9.17) is 19.8 Å². The highest BCUT2D eigenvalue weighted by Crippen LogP contribution is 2.23. The van der Waals surface area contributed by atoms with Crippen LogP contribution >= 0.6 is 0 Å². The van der Waals surface area contributed by atoms with Crippen molar-refractivity contribution in [1.29, 1.82) is 0 Å². The number of aliphatic carboxylic acids is 1. The Morgan fingerprint density at radius 1 is 1.18 bits per heavy atom. The molecule has 0 rings (SSSR count). The molecule has 0 bridgehead atoms. The molecule has 0 amide bonds. The highest BCUT2D eigenvalue weighted by Gasteiger charge is 2.34. The van der Waals surface area contributed by atoms with Crippen LogP contribution in [0.1, 0.15) is 19.8 Å². The fourth-order valence-corrected chi connectivity index (χ4v) is 1.32. The third-order valence-corrected chi connectivity index (χ3v) is 1.75. The minimum Gasteiger partial charge on any atom is -0.481 e. The Kier molecular flexibility index (Phi) is 7.96. The van der Waals surface area contributed by atoms with Crippen LogP contribution in [0, 0.1) is 0 Å². The number of rotatable bonds is 10. The molecule has 0 spiro atoms. The summed E-state index contributed by atoms with van der Waals surface area (Å²) in [6.45, 7) is 1.51. The van der Waals surface area contributed by atoms with E-state index < -0.39 is 17.9 Å². The summed E-state index contributed by atoms with van der Waals surface area (Å²) in [6, 6.07) is 0. The van der Waals surface area contributed by atoms with Gasteiger partial charge in [0.2, 0.25) is 5.79 Å². The predicted molar refractivity (Wildman–Crippen MR) is 53.3 cm³/mol. The van der Waals surface area contributed by atoms with Crippen molar-refractivity contribution in [1.82, 2.24) is 0 Å². The second kappa shape index (κ2) is 8.34. The average Bonchev–Trinajstić information content (AvgIpc) is 2.16. The molecule has 0 aromatic carbocycles. The van der Waals surface area contributed by atoms with Gasteiger partial charge in [-0.3, -0.25) is 4.79 Å². The van der Waals surface area contributed by atoms with Crippen molar-refractivity contribution in [2.75, 3.05) is 21.3 Å². The highest BCUT2D eigenvalue weighted by atomic mass is 17.3. The van der Waals surface area contributed by atoms with Crippen LogP contribution in [0.3, 0.4) is 0 Å². The molecule has 0 aliphatic carbocycles. The summed E-state index contributed by atoms with van der Waals surface area (Å²) in [5, 5.41) is 8.69. The van der Waals surface area contributed by atoms with Crippen LogP contribution in [0.2, 0.25) is 0 Å². The lowest BCUT2D eigenvalue weighted by molar-refractivity contribution is -0.501. The van der Waals surface area contributed by atoms with E-state index in [1.165, 1.54) is 28.3 Å². The molecular weight excluding hydrogens is 236 g/mol. The third kappa shape index (κ3) is 7.21. The maximum atomic E-state index is 10.6. The molecule has 1 atom stereocenters. The van der Waals surface area contributed by atoms with Crippen LogP contribution in [-0.4, -0.2) is 44.3 Å². The zero-order chi connectivity index (χ0) is 13.3. The van der Waals surface area contributed by atoms with Crippen LogP contribution in [-0.2, 0) is 34.1 Å². The minimum atomic E-state index is -1.30. The molecule has 8 nitrogen and oxygen atoms in total. The van der Waals surface area contributed by atoms with Gasteiger partial charge >= 0.3 is 5.97 Å². The molecule has 8 heteroatoms. The first-order valence-corrected chi connectivity index (χ1v) is 4.82. The van der Waals surface area contributed by atoms with Crippen molar-refractivity contribution in [3.8, 4) is 0 Å². The Labute approximate surface area is 99.1 Å². The predicted octanol–water partition coefficient (Wildman–Crippen LogP) is 0.670. The lowest BCUT2D eigenvalue weighted by atomic mass is 10.1. The molecule has 0 fully saturated rings. The summed E-state index contributed by atoms with van der Waals surface area (Å²) >= 11 is 0. The number of carboxylic acid groups (broad SMARTS) is 1. The SMILES string of the molecule is COOC(CC(=O)O)CC(C)(OOC)OOC. The second-order valence-electron chi connectivity index (χ2n) is 3.32. The number of hydrogen-bond donors (Lipinski definition) is 1. The van der Waals surface area contributed by atoms with E-state index in [9.17, 15) is 4.79 Å². The molecule has 0 aromatic rings. The Morgan fingerprint density at radius 3 is 2.06 bits per heavy atom. The van der Waals surface area contributed by atoms with E-state index in [-0.39, 0.29) is 12.8 Å². The monoisotopic (exact) mass is 254 g/mol. The van der Waals surface area contributed by atoms with Gasteiger partial charge in [-0.05, 0) is 6.92 Å². The molecule has 1 N–H and O–H groups in total. The molecule has 0 aliphatic heterocycles. The molecule has 102 valence electrons. The molecule has 0 heterocycles. The van der Waals surface area contributed by atoms with Crippen molar-refractivity contribution < 1.29 is 39.2 Å². The van der Waals surface area contributed by atoms with Crippen LogP contribution in [0.4, 0.5) is 0 Å². The molecule has 0 aliphatic rings. The highest BCUT2D eigenvalue weighted by molar-refractivity contribution is 5.67. The first-order valence-electron chi connectivity index (χ1n) is 4.82. The number of hydrogen-bond acceptors (Lipinski definition) is 7. The average molecular weight is 254 g/mol. The van der Waals surface area contributed by atoms with Gasteiger partial charge in [0.1, 0.15) is 6.10 Å². The molecule has 0 aromatic heterocycles. The molecule has 0 saturated heterocycles. The molecule has 0 saturated carbocycles. The zero-order valence-electron chi connectivity index (χ0n) is 10.3. The maximum absolute atomic E-state index is 10.6. The van der Waals surface area contributed by atoms with E-state index in [2.05, 4.69) is 14.7 Å². The van der Waals surface area contributed by atoms with Gasteiger partial charge in [-0.1, -0.05) is 0 Å². The topological polar surface area (TPSA) is 92.7 Å². The smallest absolute Gasteiger partial charge is 0.306 e. The standard InChI is InChI=1S/C9H18O8/c1-9(16-13-3,17-14-4)6-7(15-12-2)5-8(10)11/h7H,5-6H2,1-4H3,(H,10,11). The summed E-state index contributed by atoms with van der Waals surface area (Å²) in [5.74, 6) is -2.34. The van der Waals surface area contributed by atoms with Crippen molar-refractivity contribution in [2.45, 2.75) is 31.7 Å². The van der Waals surface area contributed by atoms with Gasteiger partial charge in [0, 0.05) is 6.42 Å². The maximum Gasteiger partial charge on any atom is 0.306 e. The third-order valence-electron chi connectivity index (χ3n) is 1.75. The Hall–Kier alpha value is -0.770. The van der Waals surface area contributed by atoms with Crippen molar-refractivity contribution in [2.24, 2.45) is 0 Å². The summed E-state index contributed by atoms with van der Waals surface area (Å²) in [7, 11) is 3.86. The Bertz CT molecular complexity index is 213. The minimum absolute atomic E-state index is 0.0365. The summed E-state index contributed by atoms with van der Waals surface area (Å²) in [4.78, 5) is 38.5. The first kappa shape index (κ1) is 16.2. The lowest BCUT2D eigenvalue weighted by Crippen LogP contribution is -2.37. The van der Waals surface area contributed by atoms with E-state index in [1.807, 2.05) is 0 Å². The van der Waals surface area contributed by atoms with E-state index >= 15 is 0 Å². The zero-order valence-corrected chi connectivity index (χ0v) is 10.3. The van der Waals surface area contributed by atoms with Crippen LogP contribution < -0.4 is 0 Å². The van der Waals surface area contributed by atoms with E-state index in [0.29, 0.717) is 0 Å². The van der Waals surface area contributed by atoms with E-state index in [1.54, 1.807) is 0 Å². The van der Waals surface area contributed by atoms with Crippen molar-refractivity contribution in [3.63, 3.8) is 0 Å². The van der Waals surface area contributed by atoms with Gasteiger partial charge < -0.3 is 5.11 Å². The molecule has 1 unspecified atom stereocenters. The molecular formula is C9H18O8. The quantitative estimate of drug-likeness (QED) is 0.345.